The smallest absolute Gasteiger partial charge is 0.226 e. The van der Waals surface area contributed by atoms with Crippen molar-refractivity contribution >= 4 is 11.8 Å². The van der Waals surface area contributed by atoms with Gasteiger partial charge in [-0.3, -0.25) is 0 Å². The van der Waals surface area contributed by atoms with Crippen LogP contribution in [0.3, 0.4) is 0 Å². The summed E-state index contributed by atoms with van der Waals surface area (Å²) in [7, 11) is 3.93. The number of hydrogen-bond donors (Lipinski definition) is 1. The fraction of sp³-hybridized carbons (Fsp3) is 0.692. The van der Waals surface area contributed by atoms with E-state index in [-0.39, 0.29) is 0 Å². The molecule has 19 heavy (non-hydrogen) atoms. The lowest BCUT2D eigenvalue weighted by Crippen LogP contribution is -2.34. The first-order valence-corrected chi connectivity index (χ1v) is 6.88. The molecule has 1 saturated heterocycles. The van der Waals surface area contributed by atoms with Gasteiger partial charge in [0.25, 0.3) is 0 Å². The summed E-state index contributed by atoms with van der Waals surface area (Å²) in [4.78, 5) is 15.6. The zero-order valence-corrected chi connectivity index (χ0v) is 11.9. The molecule has 2 rings (SSSR count). The van der Waals surface area contributed by atoms with Crippen LogP contribution < -0.4 is 15.5 Å². The quantitative estimate of drug-likeness (QED) is 0.827. The highest BCUT2D eigenvalue weighted by Gasteiger charge is 2.16. The van der Waals surface area contributed by atoms with E-state index >= 15 is 0 Å². The number of nitrogens with zero attached hydrogens (tertiary/aromatic N) is 5. The van der Waals surface area contributed by atoms with E-state index in [9.17, 15) is 0 Å². The van der Waals surface area contributed by atoms with Gasteiger partial charge in [-0.05, 0) is 19.0 Å². The molecule has 1 aliphatic heterocycles. The summed E-state index contributed by atoms with van der Waals surface area (Å²) in [6, 6.07) is 1.99. The summed E-state index contributed by atoms with van der Waals surface area (Å²) in [6.07, 6.45) is 2.99. The van der Waals surface area contributed by atoms with Crippen molar-refractivity contribution in [3.8, 4) is 0 Å². The molecule has 0 unspecified atom stereocenters. The van der Waals surface area contributed by atoms with Crippen molar-refractivity contribution in [1.82, 2.24) is 14.9 Å². The van der Waals surface area contributed by atoms with E-state index in [1.165, 1.54) is 0 Å². The Bertz CT molecular complexity index is 394. The van der Waals surface area contributed by atoms with Crippen LogP contribution in [-0.4, -0.2) is 68.2 Å². The molecule has 1 fully saturated rings. The fourth-order valence-corrected chi connectivity index (χ4v) is 2.34. The molecule has 2 N–H and O–H groups in total. The lowest BCUT2D eigenvalue weighted by molar-refractivity contribution is 0.302. The summed E-state index contributed by atoms with van der Waals surface area (Å²) >= 11 is 0. The minimum atomic E-state index is 0.734. The van der Waals surface area contributed by atoms with Gasteiger partial charge in [-0.25, -0.2) is 4.98 Å². The summed E-state index contributed by atoms with van der Waals surface area (Å²) in [6.45, 7) is 5.95. The Morgan fingerprint density at radius 3 is 2.84 bits per heavy atom. The number of aromatic nitrogens is 2. The second-order valence-corrected chi connectivity index (χ2v) is 5.08. The fourth-order valence-electron chi connectivity index (χ4n) is 2.34. The Balaban J connectivity index is 2.03. The van der Waals surface area contributed by atoms with Gasteiger partial charge in [-0.1, -0.05) is 0 Å². The maximum absolute atomic E-state index is 5.63. The van der Waals surface area contributed by atoms with Gasteiger partial charge in [-0.15, -0.1) is 0 Å². The van der Waals surface area contributed by atoms with E-state index in [2.05, 4.69) is 19.8 Å². The minimum Gasteiger partial charge on any atom is -0.355 e. The maximum Gasteiger partial charge on any atom is 0.226 e. The highest BCUT2D eigenvalue weighted by molar-refractivity contribution is 5.43. The van der Waals surface area contributed by atoms with Gasteiger partial charge in [0.1, 0.15) is 5.82 Å². The van der Waals surface area contributed by atoms with Gasteiger partial charge < -0.3 is 20.4 Å². The third kappa shape index (κ3) is 3.78. The molecule has 0 amide bonds. The summed E-state index contributed by atoms with van der Waals surface area (Å²) < 4.78 is 0. The molecule has 6 nitrogen and oxygen atoms in total. The van der Waals surface area contributed by atoms with Gasteiger partial charge in [0.15, 0.2) is 0 Å². The van der Waals surface area contributed by atoms with Crippen LogP contribution in [0.25, 0.3) is 0 Å². The molecule has 0 saturated carbocycles. The molecule has 1 aliphatic rings. The van der Waals surface area contributed by atoms with Crippen molar-refractivity contribution in [1.29, 1.82) is 0 Å². The van der Waals surface area contributed by atoms with E-state index in [0.717, 1.165) is 57.5 Å². The predicted molar refractivity (Wildman–Crippen MR) is 78.7 cm³/mol. The topological polar surface area (TPSA) is 61.5 Å². The Hall–Kier alpha value is -1.40. The highest BCUT2D eigenvalue weighted by atomic mass is 15.3. The average Bonchev–Trinajstić information content (AvgIpc) is 2.65. The van der Waals surface area contributed by atoms with Crippen LogP contribution in [0.15, 0.2) is 12.3 Å². The molecule has 0 bridgehead atoms. The summed E-state index contributed by atoms with van der Waals surface area (Å²) in [5, 5.41) is 0. The van der Waals surface area contributed by atoms with Crippen LogP contribution in [0.1, 0.15) is 6.42 Å². The molecule has 0 atom stereocenters. The zero-order valence-electron chi connectivity index (χ0n) is 11.9. The maximum atomic E-state index is 5.63. The van der Waals surface area contributed by atoms with Gasteiger partial charge in [-0.2, -0.15) is 4.98 Å². The molecular weight excluding hydrogens is 240 g/mol. The Morgan fingerprint density at radius 2 is 2.11 bits per heavy atom. The molecular formula is C13H24N6. The van der Waals surface area contributed by atoms with Crippen molar-refractivity contribution in [2.75, 3.05) is 63.2 Å². The number of anilines is 2. The molecule has 1 aromatic heterocycles. The third-order valence-electron chi connectivity index (χ3n) is 3.39. The first-order valence-electron chi connectivity index (χ1n) is 6.88. The van der Waals surface area contributed by atoms with E-state index in [1.807, 2.05) is 31.3 Å². The van der Waals surface area contributed by atoms with Gasteiger partial charge in [0, 0.05) is 53.0 Å². The van der Waals surface area contributed by atoms with Gasteiger partial charge in [0.05, 0.1) is 0 Å². The molecule has 1 aromatic rings. The van der Waals surface area contributed by atoms with Gasteiger partial charge >= 0.3 is 0 Å². The Labute approximate surface area is 115 Å². The largest absolute Gasteiger partial charge is 0.355 e. The lowest BCUT2D eigenvalue weighted by Gasteiger charge is -2.23. The number of nitrogens with two attached hydrogens (primary N) is 1. The van der Waals surface area contributed by atoms with E-state index in [0.29, 0.717) is 0 Å². The summed E-state index contributed by atoms with van der Waals surface area (Å²) in [5.74, 6) is 1.79. The molecule has 2 heterocycles. The van der Waals surface area contributed by atoms with Crippen LogP contribution in [0.5, 0.6) is 0 Å². The first-order chi connectivity index (χ1) is 9.20. The number of hydrogen-bond acceptors (Lipinski definition) is 6. The average molecular weight is 264 g/mol. The van der Waals surface area contributed by atoms with Crippen LogP contribution >= 0.6 is 0 Å². The lowest BCUT2D eigenvalue weighted by atomic mass is 10.3. The molecule has 0 aliphatic carbocycles. The molecule has 6 heteroatoms. The van der Waals surface area contributed by atoms with Crippen molar-refractivity contribution in [2.24, 2.45) is 5.73 Å². The molecule has 106 valence electrons. The first kappa shape index (κ1) is 14.0. The highest BCUT2D eigenvalue weighted by Crippen LogP contribution is 2.15. The van der Waals surface area contributed by atoms with E-state index in [1.54, 1.807) is 0 Å². The second-order valence-electron chi connectivity index (χ2n) is 5.08. The van der Waals surface area contributed by atoms with Crippen molar-refractivity contribution < 1.29 is 0 Å². The molecule has 0 spiro atoms. The normalized spacial score (nSPS) is 17.3. The van der Waals surface area contributed by atoms with Crippen molar-refractivity contribution in [2.45, 2.75) is 6.42 Å². The molecule has 0 radical (unpaired) electrons. The SMILES string of the molecule is CN(C)c1nccc(N2CCCN(CCN)CC2)n1. The number of rotatable bonds is 4. The van der Waals surface area contributed by atoms with Crippen molar-refractivity contribution in [3.63, 3.8) is 0 Å². The standard InChI is InChI=1S/C13H24N6/c1-17(2)13-15-6-4-12(16-13)19-8-3-7-18(9-5-14)10-11-19/h4,6H,3,5,7-11,14H2,1-2H3. The van der Waals surface area contributed by atoms with Crippen LogP contribution in [0.4, 0.5) is 11.8 Å². The second kappa shape index (κ2) is 6.68. The van der Waals surface area contributed by atoms with Crippen LogP contribution in [0, 0.1) is 0 Å². The third-order valence-corrected chi connectivity index (χ3v) is 3.39. The van der Waals surface area contributed by atoms with Crippen LogP contribution in [-0.2, 0) is 0 Å². The zero-order chi connectivity index (χ0) is 13.7. The Kier molecular flexibility index (Phi) is 4.93. The van der Waals surface area contributed by atoms with Gasteiger partial charge in [0.2, 0.25) is 5.95 Å². The van der Waals surface area contributed by atoms with Crippen molar-refractivity contribution in [3.05, 3.63) is 12.3 Å². The van der Waals surface area contributed by atoms with E-state index < -0.39 is 0 Å². The predicted octanol–water partition coefficient (Wildman–Crippen LogP) is 0.0134. The summed E-state index contributed by atoms with van der Waals surface area (Å²) in [5.41, 5.74) is 5.63. The minimum absolute atomic E-state index is 0.734. The monoisotopic (exact) mass is 264 g/mol. The van der Waals surface area contributed by atoms with E-state index in [4.69, 9.17) is 5.73 Å². The molecule has 0 aromatic carbocycles. The Morgan fingerprint density at radius 1 is 1.26 bits per heavy atom. The van der Waals surface area contributed by atoms with Crippen LogP contribution in [0.2, 0.25) is 0 Å².